The molecule has 2 heteroatoms. The number of rotatable bonds is 6. The maximum atomic E-state index is 5.88. The largest absolute Gasteiger partial charge is 0.493 e. The molecular formula is C19H29NO. The van der Waals surface area contributed by atoms with E-state index in [9.17, 15) is 0 Å². The first-order chi connectivity index (χ1) is 10.2. The summed E-state index contributed by atoms with van der Waals surface area (Å²) in [5.74, 6) is 3.43. The van der Waals surface area contributed by atoms with Gasteiger partial charge in [-0.05, 0) is 30.9 Å². The Morgan fingerprint density at radius 2 is 1.95 bits per heavy atom. The lowest BCUT2D eigenvalue weighted by Gasteiger charge is -2.27. The van der Waals surface area contributed by atoms with Gasteiger partial charge in [0.05, 0.1) is 6.61 Å². The van der Waals surface area contributed by atoms with E-state index >= 15 is 0 Å². The minimum atomic E-state index is 0.584. The van der Waals surface area contributed by atoms with Crippen LogP contribution in [0.4, 0.5) is 0 Å². The first-order valence-electron chi connectivity index (χ1n) is 8.69. The number of nitrogens with one attached hydrogen (secondary N) is 1. The van der Waals surface area contributed by atoms with Crippen molar-refractivity contribution in [1.82, 2.24) is 5.32 Å². The Bertz CT molecular complexity index is 451. The van der Waals surface area contributed by atoms with Crippen LogP contribution in [-0.4, -0.2) is 19.2 Å². The van der Waals surface area contributed by atoms with Crippen molar-refractivity contribution in [2.75, 3.05) is 13.2 Å². The Balaban J connectivity index is 1.66. The number of hydrogen-bond donors (Lipinski definition) is 1. The Hall–Kier alpha value is -1.02. The van der Waals surface area contributed by atoms with Crippen LogP contribution in [0.3, 0.4) is 0 Å². The lowest BCUT2D eigenvalue weighted by Crippen LogP contribution is -2.33. The SMILES string of the molecule is CC(C)NCC(CC1COc2ccccc21)C1CCCC1. The molecule has 1 aromatic rings. The predicted octanol–water partition coefficient (Wildman–Crippen LogP) is 4.36. The average Bonchev–Trinajstić information content (AvgIpc) is 3.13. The zero-order valence-corrected chi connectivity index (χ0v) is 13.5. The van der Waals surface area contributed by atoms with Gasteiger partial charge < -0.3 is 10.1 Å². The summed E-state index contributed by atoms with van der Waals surface area (Å²) >= 11 is 0. The van der Waals surface area contributed by atoms with Crippen LogP contribution in [0.5, 0.6) is 5.75 Å². The molecule has 1 aliphatic carbocycles. The van der Waals surface area contributed by atoms with Crippen molar-refractivity contribution in [3.63, 3.8) is 0 Å². The smallest absolute Gasteiger partial charge is 0.122 e. The highest BCUT2D eigenvalue weighted by Crippen LogP contribution is 2.41. The average molecular weight is 287 g/mol. The number of hydrogen-bond acceptors (Lipinski definition) is 2. The van der Waals surface area contributed by atoms with Gasteiger partial charge in [-0.2, -0.15) is 0 Å². The molecule has 0 aromatic heterocycles. The van der Waals surface area contributed by atoms with Gasteiger partial charge >= 0.3 is 0 Å². The van der Waals surface area contributed by atoms with Gasteiger partial charge in [0.2, 0.25) is 0 Å². The summed E-state index contributed by atoms with van der Waals surface area (Å²) in [5, 5.41) is 3.68. The third-order valence-corrected chi connectivity index (χ3v) is 5.24. The van der Waals surface area contributed by atoms with Crippen LogP contribution in [0.1, 0.15) is 57.4 Å². The lowest BCUT2D eigenvalue weighted by atomic mass is 9.81. The van der Waals surface area contributed by atoms with Gasteiger partial charge in [-0.1, -0.05) is 57.7 Å². The number of para-hydroxylation sites is 1. The van der Waals surface area contributed by atoms with E-state index < -0.39 is 0 Å². The van der Waals surface area contributed by atoms with Crippen LogP contribution < -0.4 is 10.1 Å². The zero-order chi connectivity index (χ0) is 14.7. The minimum Gasteiger partial charge on any atom is -0.493 e. The molecule has 2 atom stereocenters. The van der Waals surface area contributed by atoms with Crippen molar-refractivity contribution >= 4 is 0 Å². The first kappa shape index (κ1) is 14.9. The first-order valence-corrected chi connectivity index (χ1v) is 8.69. The highest BCUT2D eigenvalue weighted by molar-refractivity contribution is 5.39. The van der Waals surface area contributed by atoms with Crippen molar-refractivity contribution in [1.29, 1.82) is 0 Å². The topological polar surface area (TPSA) is 21.3 Å². The van der Waals surface area contributed by atoms with Crippen molar-refractivity contribution in [2.24, 2.45) is 11.8 Å². The molecule has 0 spiro atoms. The van der Waals surface area contributed by atoms with E-state index in [4.69, 9.17) is 4.74 Å². The molecule has 1 heterocycles. The number of benzene rings is 1. The molecule has 1 aromatic carbocycles. The predicted molar refractivity (Wildman–Crippen MR) is 87.9 cm³/mol. The molecular weight excluding hydrogens is 258 g/mol. The highest BCUT2D eigenvalue weighted by atomic mass is 16.5. The zero-order valence-electron chi connectivity index (χ0n) is 13.5. The standard InChI is InChI=1S/C19H29NO/c1-14(2)20-12-16(15-7-3-4-8-15)11-17-13-21-19-10-6-5-9-18(17)19/h5-6,9-10,14-17,20H,3-4,7-8,11-13H2,1-2H3. The summed E-state index contributed by atoms with van der Waals surface area (Å²) < 4.78 is 5.88. The molecule has 1 N–H and O–H groups in total. The Labute approximate surface area is 129 Å². The van der Waals surface area contributed by atoms with E-state index in [1.165, 1.54) is 44.2 Å². The fraction of sp³-hybridized carbons (Fsp3) is 0.684. The highest BCUT2D eigenvalue weighted by Gasteiger charge is 2.31. The third kappa shape index (κ3) is 3.60. The molecule has 2 nitrogen and oxygen atoms in total. The van der Waals surface area contributed by atoms with E-state index in [1.807, 2.05) is 0 Å². The lowest BCUT2D eigenvalue weighted by molar-refractivity contribution is 0.252. The Morgan fingerprint density at radius 3 is 2.71 bits per heavy atom. The van der Waals surface area contributed by atoms with E-state index in [1.54, 1.807) is 0 Å². The fourth-order valence-corrected chi connectivity index (χ4v) is 4.05. The van der Waals surface area contributed by atoms with E-state index in [-0.39, 0.29) is 0 Å². The van der Waals surface area contributed by atoms with Gasteiger partial charge in [0, 0.05) is 17.5 Å². The summed E-state index contributed by atoms with van der Waals surface area (Å²) in [6.45, 7) is 6.55. The van der Waals surface area contributed by atoms with E-state index in [0.717, 1.165) is 24.2 Å². The van der Waals surface area contributed by atoms with Crippen LogP contribution in [0.25, 0.3) is 0 Å². The third-order valence-electron chi connectivity index (χ3n) is 5.24. The van der Waals surface area contributed by atoms with Crippen LogP contribution in [0.15, 0.2) is 24.3 Å². The monoisotopic (exact) mass is 287 g/mol. The van der Waals surface area contributed by atoms with Gasteiger partial charge in [0.25, 0.3) is 0 Å². The molecule has 0 radical (unpaired) electrons. The van der Waals surface area contributed by atoms with Gasteiger partial charge in [-0.25, -0.2) is 0 Å². The maximum absolute atomic E-state index is 5.88. The van der Waals surface area contributed by atoms with Crippen molar-refractivity contribution in [3.8, 4) is 5.75 Å². The molecule has 1 fully saturated rings. The summed E-state index contributed by atoms with van der Waals surface area (Å²) in [4.78, 5) is 0. The molecule has 1 saturated carbocycles. The summed E-state index contributed by atoms with van der Waals surface area (Å²) in [6.07, 6.45) is 7.00. The Kier molecular flexibility index (Phi) is 4.84. The van der Waals surface area contributed by atoms with Crippen LogP contribution >= 0.6 is 0 Å². The second-order valence-electron chi connectivity index (χ2n) is 7.15. The summed E-state index contributed by atoms with van der Waals surface area (Å²) in [6, 6.07) is 9.19. The summed E-state index contributed by atoms with van der Waals surface area (Å²) in [7, 11) is 0. The van der Waals surface area contributed by atoms with Crippen LogP contribution in [-0.2, 0) is 0 Å². The maximum Gasteiger partial charge on any atom is 0.122 e. The molecule has 21 heavy (non-hydrogen) atoms. The molecule has 2 aliphatic rings. The van der Waals surface area contributed by atoms with Gasteiger partial charge in [-0.3, -0.25) is 0 Å². The molecule has 0 amide bonds. The van der Waals surface area contributed by atoms with Gasteiger partial charge in [0.15, 0.2) is 0 Å². The van der Waals surface area contributed by atoms with Gasteiger partial charge in [-0.15, -0.1) is 0 Å². The molecule has 116 valence electrons. The van der Waals surface area contributed by atoms with E-state index in [0.29, 0.717) is 12.0 Å². The van der Waals surface area contributed by atoms with Crippen LogP contribution in [0, 0.1) is 11.8 Å². The van der Waals surface area contributed by atoms with Crippen molar-refractivity contribution < 1.29 is 4.74 Å². The molecule has 3 rings (SSSR count). The normalized spacial score (nSPS) is 23.3. The van der Waals surface area contributed by atoms with Crippen molar-refractivity contribution in [3.05, 3.63) is 29.8 Å². The number of fused-ring (bicyclic) bond motifs is 1. The Morgan fingerprint density at radius 1 is 1.19 bits per heavy atom. The molecule has 1 aliphatic heterocycles. The molecule has 0 bridgehead atoms. The quantitative estimate of drug-likeness (QED) is 0.839. The van der Waals surface area contributed by atoms with E-state index in [2.05, 4.69) is 43.4 Å². The molecule has 2 unspecified atom stereocenters. The molecule has 0 saturated heterocycles. The fourth-order valence-electron chi connectivity index (χ4n) is 4.05. The van der Waals surface area contributed by atoms with Crippen LogP contribution in [0.2, 0.25) is 0 Å². The summed E-state index contributed by atoms with van der Waals surface area (Å²) in [5.41, 5.74) is 1.44. The minimum absolute atomic E-state index is 0.584. The number of ether oxygens (including phenoxy) is 1. The van der Waals surface area contributed by atoms with Crippen molar-refractivity contribution in [2.45, 2.75) is 57.9 Å². The second kappa shape index (κ2) is 6.83. The second-order valence-corrected chi connectivity index (χ2v) is 7.15. The van der Waals surface area contributed by atoms with Gasteiger partial charge in [0.1, 0.15) is 5.75 Å².